The van der Waals surface area contributed by atoms with Crippen LogP contribution in [0.1, 0.15) is 25.3 Å². The summed E-state index contributed by atoms with van der Waals surface area (Å²) >= 11 is 0. The van der Waals surface area contributed by atoms with E-state index in [9.17, 15) is 13.2 Å². The van der Waals surface area contributed by atoms with Crippen LogP contribution in [0.2, 0.25) is 0 Å². The van der Waals surface area contributed by atoms with Gasteiger partial charge in [0.15, 0.2) is 0 Å². The number of nitrogens with zero attached hydrogens (tertiary/aromatic N) is 1. The Hall–Kier alpha value is -1.40. The molecule has 1 fully saturated rings. The minimum absolute atomic E-state index is 0.0172. The number of hydrogen-bond acceptors (Lipinski definition) is 3. The highest BCUT2D eigenvalue weighted by atomic mass is 32.2. The van der Waals surface area contributed by atoms with Crippen molar-refractivity contribution >= 4 is 21.6 Å². The molecule has 0 radical (unpaired) electrons. The monoisotopic (exact) mass is 310 g/mol. The van der Waals surface area contributed by atoms with E-state index in [1.807, 2.05) is 24.3 Å². The minimum atomic E-state index is -3.14. The van der Waals surface area contributed by atoms with E-state index in [1.165, 1.54) is 16.1 Å². The van der Waals surface area contributed by atoms with Gasteiger partial charge in [0.2, 0.25) is 15.9 Å². The number of carbonyl (C=O) groups excluding carboxylic acids is 1. The quantitative estimate of drug-likeness (QED) is 0.923. The molecule has 0 saturated carbocycles. The van der Waals surface area contributed by atoms with Crippen molar-refractivity contribution in [3.63, 3.8) is 0 Å². The third-order valence-electron chi connectivity index (χ3n) is 3.90. The molecule has 1 amide bonds. The number of carbonyl (C=O) groups is 1. The van der Waals surface area contributed by atoms with Gasteiger partial charge in [-0.1, -0.05) is 19.1 Å². The molecule has 0 bridgehead atoms. The topological polar surface area (TPSA) is 66.5 Å². The number of nitrogens with one attached hydrogen (secondary N) is 1. The van der Waals surface area contributed by atoms with E-state index in [0.717, 1.165) is 12.1 Å². The fraction of sp³-hybridized carbons (Fsp3) is 0.533. The van der Waals surface area contributed by atoms with Crippen molar-refractivity contribution in [3.05, 3.63) is 29.8 Å². The second-order valence-corrected chi connectivity index (χ2v) is 7.46. The number of sulfonamides is 1. The SMILES string of the molecule is CCc1cccc(NC(=O)C2CCN(S(C)(=O)=O)CC2)c1. The first kappa shape index (κ1) is 16.0. The molecule has 0 unspecified atom stereocenters. The smallest absolute Gasteiger partial charge is 0.227 e. The summed E-state index contributed by atoms with van der Waals surface area (Å²) in [5.41, 5.74) is 1.99. The van der Waals surface area contributed by atoms with Gasteiger partial charge in [-0.15, -0.1) is 0 Å². The lowest BCUT2D eigenvalue weighted by Crippen LogP contribution is -2.40. The van der Waals surface area contributed by atoms with E-state index in [4.69, 9.17) is 0 Å². The summed E-state index contributed by atoms with van der Waals surface area (Å²) in [6, 6.07) is 7.81. The Balaban J connectivity index is 1.93. The predicted octanol–water partition coefficient (Wildman–Crippen LogP) is 1.86. The standard InChI is InChI=1S/C15H22N2O3S/c1-3-12-5-4-6-14(11-12)16-15(18)13-7-9-17(10-8-13)21(2,19)20/h4-6,11,13H,3,7-10H2,1-2H3,(H,16,18). The average Bonchev–Trinajstić information content (AvgIpc) is 2.46. The van der Waals surface area contributed by atoms with Crippen molar-refractivity contribution in [3.8, 4) is 0 Å². The highest BCUT2D eigenvalue weighted by Gasteiger charge is 2.28. The van der Waals surface area contributed by atoms with Crippen molar-refractivity contribution in [2.75, 3.05) is 24.7 Å². The van der Waals surface area contributed by atoms with Gasteiger partial charge in [-0.25, -0.2) is 12.7 Å². The second kappa shape index (κ2) is 6.58. The van der Waals surface area contributed by atoms with Crippen LogP contribution in [-0.4, -0.2) is 38.0 Å². The third kappa shape index (κ3) is 4.28. The molecule has 0 atom stereocenters. The molecule has 1 saturated heterocycles. The van der Waals surface area contributed by atoms with Crippen LogP contribution in [0.15, 0.2) is 24.3 Å². The van der Waals surface area contributed by atoms with Gasteiger partial charge in [-0.05, 0) is 37.0 Å². The van der Waals surface area contributed by atoms with Crippen LogP contribution >= 0.6 is 0 Å². The van der Waals surface area contributed by atoms with Crippen molar-refractivity contribution in [1.82, 2.24) is 4.31 Å². The molecule has 5 nitrogen and oxygen atoms in total. The maximum absolute atomic E-state index is 12.2. The molecule has 6 heteroatoms. The van der Waals surface area contributed by atoms with Crippen LogP contribution in [0.25, 0.3) is 0 Å². The summed E-state index contributed by atoms with van der Waals surface area (Å²) in [4.78, 5) is 12.2. The molecule has 0 aliphatic carbocycles. The zero-order valence-electron chi connectivity index (χ0n) is 12.5. The number of rotatable bonds is 4. The van der Waals surface area contributed by atoms with Crippen molar-refractivity contribution < 1.29 is 13.2 Å². The lowest BCUT2D eigenvalue weighted by Gasteiger charge is -2.29. The van der Waals surface area contributed by atoms with E-state index in [2.05, 4.69) is 12.2 Å². The molecular weight excluding hydrogens is 288 g/mol. The summed E-state index contributed by atoms with van der Waals surface area (Å²) in [5, 5.41) is 2.93. The number of benzene rings is 1. The van der Waals surface area contributed by atoms with Crippen LogP contribution in [0.3, 0.4) is 0 Å². The Morgan fingerprint density at radius 3 is 2.57 bits per heavy atom. The minimum Gasteiger partial charge on any atom is -0.326 e. The van der Waals surface area contributed by atoms with Gasteiger partial charge in [0.25, 0.3) is 0 Å². The molecule has 2 rings (SSSR count). The van der Waals surface area contributed by atoms with Gasteiger partial charge >= 0.3 is 0 Å². The molecule has 116 valence electrons. The van der Waals surface area contributed by atoms with Crippen LogP contribution in [0, 0.1) is 5.92 Å². The Bertz CT molecular complexity index is 605. The van der Waals surface area contributed by atoms with E-state index in [1.54, 1.807) is 0 Å². The van der Waals surface area contributed by atoms with Gasteiger partial charge in [-0.3, -0.25) is 4.79 Å². The number of amides is 1. The molecule has 0 spiro atoms. The molecule has 1 heterocycles. The van der Waals surface area contributed by atoms with Gasteiger partial charge in [0, 0.05) is 24.7 Å². The maximum Gasteiger partial charge on any atom is 0.227 e. The molecule has 1 aromatic rings. The molecule has 0 aromatic heterocycles. The fourth-order valence-corrected chi connectivity index (χ4v) is 3.44. The van der Waals surface area contributed by atoms with E-state index < -0.39 is 10.0 Å². The summed E-state index contributed by atoms with van der Waals surface area (Å²) in [5.74, 6) is -0.135. The zero-order valence-corrected chi connectivity index (χ0v) is 13.3. The number of piperidine rings is 1. The highest BCUT2D eigenvalue weighted by Crippen LogP contribution is 2.21. The molecule has 21 heavy (non-hydrogen) atoms. The Labute approximate surface area is 126 Å². The van der Waals surface area contributed by atoms with Gasteiger partial charge in [0.1, 0.15) is 0 Å². The highest BCUT2D eigenvalue weighted by molar-refractivity contribution is 7.88. The first-order valence-electron chi connectivity index (χ1n) is 7.25. The summed E-state index contributed by atoms with van der Waals surface area (Å²) in [7, 11) is -3.14. The Morgan fingerprint density at radius 1 is 1.33 bits per heavy atom. The third-order valence-corrected chi connectivity index (χ3v) is 5.20. The summed E-state index contributed by atoms with van der Waals surface area (Å²) in [6.45, 7) is 2.92. The van der Waals surface area contributed by atoms with E-state index in [0.29, 0.717) is 25.9 Å². The van der Waals surface area contributed by atoms with Gasteiger partial charge < -0.3 is 5.32 Å². The molecule has 1 N–H and O–H groups in total. The average molecular weight is 310 g/mol. The van der Waals surface area contributed by atoms with Crippen LogP contribution in [0.5, 0.6) is 0 Å². The van der Waals surface area contributed by atoms with Crippen molar-refractivity contribution in [2.24, 2.45) is 5.92 Å². The molecule has 1 aromatic carbocycles. The lowest BCUT2D eigenvalue weighted by molar-refractivity contribution is -0.120. The van der Waals surface area contributed by atoms with Crippen LogP contribution < -0.4 is 5.32 Å². The van der Waals surface area contributed by atoms with Gasteiger partial charge in [-0.2, -0.15) is 0 Å². The van der Waals surface area contributed by atoms with Crippen molar-refractivity contribution in [2.45, 2.75) is 26.2 Å². The van der Waals surface area contributed by atoms with E-state index >= 15 is 0 Å². The number of aryl methyl sites for hydroxylation is 1. The molecular formula is C15H22N2O3S. The zero-order chi connectivity index (χ0) is 15.5. The van der Waals surface area contributed by atoms with Crippen LogP contribution in [0.4, 0.5) is 5.69 Å². The maximum atomic E-state index is 12.2. The summed E-state index contributed by atoms with van der Waals surface area (Å²) in [6.07, 6.45) is 3.29. The normalized spacial score (nSPS) is 17.6. The largest absolute Gasteiger partial charge is 0.326 e. The second-order valence-electron chi connectivity index (χ2n) is 5.48. The predicted molar refractivity (Wildman–Crippen MR) is 83.6 cm³/mol. The van der Waals surface area contributed by atoms with E-state index in [-0.39, 0.29) is 11.8 Å². The Morgan fingerprint density at radius 2 is 2.00 bits per heavy atom. The molecule has 1 aliphatic rings. The first-order valence-corrected chi connectivity index (χ1v) is 9.10. The number of hydrogen-bond donors (Lipinski definition) is 1. The van der Waals surface area contributed by atoms with Gasteiger partial charge in [0.05, 0.1) is 6.26 Å². The molecule has 1 aliphatic heterocycles. The first-order chi connectivity index (χ1) is 9.90. The lowest BCUT2D eigenvalue weighted by atomic mass is 9.97. The Kier molecular flexibility index (Phi) is 5.00. The van der Waals surface area contributed by atoms with Crippen molar-refractivity contribution in [1.29, 1.82) is 0 Å². The number of anilines is 1. The van der Waals surface area contributed by atoms with Crippen LogP contribution in [-0.2, 0) is 21.2 Å². The summed E-state index contributed by atoms with van der Waals surface area (Å²) < 4.78 is 24.3. The fourth-order valence-electron chi connectivity index (χ4n) is 2.56.